The SMILES string of the molecule is CC/C=C\C/C=C\C/C=C\C/C=C\C/C=C\C/C=C\C/C=C\C/C=C\CCCCCCCCCCCCCCCCCCC(=O)OC(COC(=O)CCCCCCCCC)COP(=O)(O)OCCN. The van der Waals surface area contributed by atoms with Gasteiger partial charge in [-0.3, -0.25) is 18.6 Å². The summed E-state index contributed by atoms with van der Waals surface area (Å²) in [4.78, 5) is 34.8. The second-order valence-electron chi connectivity index (χ2n) is 18.1. The van der Waals surface area contributed by atoms with Crippen LogP contribution in [-0.4, -0.2) is 49.3 Å². The maximum absolute atomic E-state index is 12.6. The van der Waals surface area contributed by atoms with Gasteiger partial charge in [0.05, 0.1) is 13.2 Å². The number of nitrogens with two attached hydrogens (primary N) is 1. The molecule has 0 aromatic carbocycles. The largest absolute Gasteiger partial charge is 0.472 e. The average molecular weight is 984 g/mol. The summed E-state index contributed by atoms with van der Waals surface area (Å²) in [6.07, 6.45) is 72.2. The first-order valence-electron chi connectivity index (χ1n) is 27.7. The van der Waals surface area contributed by atoms with E-state index in [2.05, 4.69) is 111 Å². The van der Waals surface area contributed by atoms with E-state index in [4.69, 9.17) is 24.3 Å². The molecule has 0 rings (SSSR count). The minimum atomic E-state index is -4.37. The fraction of sp³-hybridized carbons (Fsp3) is 0.695. The molecule has 0 saturated heterocycles. The lowest BCUT2D eigenvalue weighted by molar-refractivity contribution is -0.161. The zero-order valence-corrected chi connectivity index (χ0v) is 44.9. The van der Waals surface area contributed by atoms with E-state index in [0.29, 0.717) is 6.42 Å². The van der Waals surface area contributed by atoms with Crippen molar-refractivity contribution in [3.05, 3.63) is 97.2 Å². The van der Waals surface area contributed by atoms with Gasteiger partial charge in [0, 0.05) is 19.4 Å². The molecule has 0 aromatic heterocycles. The minimum absolute atomic E-state index is 0.0521. The van der Waals surface area contributed by atoms with Crippen molar-refractivity contribution in [1.82, 2.24) is 0 Å². The van der Waals surface area contributed by atoms with Crippen LogP contribution in [0.3, 0.4) is 0 Å². The highest BCUT2D eigenvalue weighted by atomic mass is 31.2. The maximum atomic E-state index is 12.6. The van der Waals surface area contributed by atoms with Crippen LogP contribution in [0.15, 0.2) is 97.2 Å². The molecular weight excluding hydrogens is 882 g/mol. The standard InChI is InChI=1S/C59H102NO8P/c1-3-5-7-9-11-12-13-14-15-16-17-18-19-20-21-22-23-24-25-26-27-28-29-30-31-32-33-34-35-36-37-38-39-40-41-42-43-44-46-48-50-52-59(62)68-57(56-67-69(63,64)66-54-53-60)55-65-58(61)51-49-47-45-10-8-6-4-2/h5,7,11-12,14-15,17-18,20-21,23-24,26-27,29-30,57H,3-4,6,8-10,13,16,19,22,25,28,31-56,60H2,1-2H3,(H,63,64)/b7-5-,12-11-,15-14-,18-17-,21-20-,24-23-,27-26-,30-29-. The van der Waals surface area contributed by atoms with E-state index in [1.807, 2.05) is 0 Å². The third kappa shape index (κ3) is 54.1. The van der Waals surface area contributed by atoms with Crippen molar-refractivity contribution in [1.29, 1.82) is 0 Å². The highest BCUT2D eigenvalue weighted by Crippen LogP contribution is 2.43. The summed E-state index contributed by atoms with van der Waals surface area (Å²) in [5.74, 6) is -0.834. The number of phosphoric ester groups is 1. The molecule has 0 heterocycles. The van der Waals surface area contributed by atoms with E-state index in [1.165, 1.54) is 109 Å². The smallest absolute Gasteiger partial charge is 0.462 e. The summed E-state index contributed by atoms with van der Waals surface area (Å²) in [5.41, 5.74) is 5.35. The zero-order valence-electron chi connectivity index (χ0n) is 44.0. The molecule has 0 spiro atoms. The van der Waals surface area contributed by atoms with Crippen LogP contribution in [0.4, 0.5) is 0 Å². The van der Waals surface area contributed by atoms with Gasteiger partial charge in [-0.2, -0.15) is 0 Å². The van der Waals surface area contributed by atoms with Crippen molar-refractivity contribution >= 4 is 19.8 Å². The molecule has 396 valence electrons. The summed E-state index contributed by atoms with van der Waals surface area (Å²) in [6, 6.07) is 0. The molecule has 10 heteroatoms. The third-order valence-corrected chi connectivity index (χ3v) is 12.5. The Morgan fingerprint density at radius 1 is 0.449 bits per heavy atom. The van der Waals surface area contributed by atoms with Crippen molar-refractivity contribution in [3.63, 3.8) is 0 Å². The van der Waals surface area contributed by atoms with Crippen LogP contribution < -0.4 is 5.73 Å². The molecule has 0 aliphatic rings. The number of carbonyl (C=O) groups excluding carboxylic acids is 2. The Morgan fingerprint density at radius 2 is 0.797 bits per heavy atom. The number of unbranched alkanes of at least 4 members (excludes halogenated alkanes) is 22. The molecule has 0 saturated carbocycles. The molecule has 0 amide bonds. The second kappa shape index (κ2) is 54.3. The van der Waals surface area contributed by atoms with Gasteiger partial charge in [0.1, 0.15) is 6.61 Å². The van der Waals surface area contributed by atoms with Gasteiger partial charge in [-0.15, -0.1) is 0 Å². The lowest BCUT2D eigenvalue weighted by Crippen LogP contribution is -2.29. The van der Waals surface area contributed by atoms with E-state index >= 15 is 0 Å². The lowest BCUT2D eigenvalue weighted by Gasteiger charge is -2.19. The topological polar surface area (TPSA) is 134 Å². The van der Waals surface area contributed by atoms with Crippen LogP contribution in [0.1, 0.15) is 232 Å². The Kier molecular flexibility index (Phi) is 51.9. The van der Waals surface area contributed by atoms with Crippen molar-refractivity contribution in [2.75, 3.05) is 26.4 Å². The number of rotatable bonds is 51. The molecule has 0 aromatic rings. The van der Waals surface area contributed by atoms with Crippen LogP contribution in [0.2, 0.25) is 0 Å². The molecule has 69 heavy (non-hydrogen) atoms. The number of esters is 2. The fourth-order valence-corrected chi connectivity index (χ4v) is 8.18. The van der Waals surface area contributed by atoms with Gasteiger partial charge in [-0.1, -0.05) is 239 Å². The Bertz CT molecular complexity index is 1450. The number of allylic oxidation sites excluding steroid dienone is 16. The van der Waals surface area contributed by atoms with Crippen molar-refractivity contribution in [2.45, 2.75) is 238 Å². The molecule has 0 fully saturated rings. The predicted octanol–water partition coefficient (Wildman–Crippen LogP) is 17.3. The molecule has 0 aliphatic heterocycles. The van der Waals surface area contributed by atoms with Crippen molar-refractivity contribution in [2.24, 2.45) is 5.73 Å². The van der Waals surface area contributed by atoms with Crippen molar-refractivity contribution in [3.8, 4) is 0 Å². The van der Waals surface area contributed by atoms with Gasteiger partial charge in [-0.25, -0.2) is 4.57 Å². The number of carbonyl (C=O) groups is 2. The summed E-state index contributed by atoms with van der Waals surface area (Å²) < 4.78 is 32.7. The second-order valence-corrected chi connectivity index (χ2v) is 19.5. The molecule has 2 atom stereocenters. The maximum Gasteiger partial charge on any atom is 0.472 e. The highest BCUT2D eigenvalue weighted by molar-refractivity contribution is 7.47. The molecular formula is C59H102NO8P. The molecule has 0 aliphatic carbocycles. The van der Waals surface area contributed by atoms with Crippen LogP contribution in [0.25, 0.3) is 0 Å². The van der Waals surface area contributed by atoms with Gasteiger partial charge < -0.3 is 20.1 Å². The highest BCUT2D eigenvalue weighted by Gasteiger charge is 2.26. The number of hydrogen-bond donors (Lipinski definition) is 2. The summed E-state index contributed by atoms with van der Waals surface area (Å²) in [5, 5.41) is 0. The normalized spacial score (nSPS) is 13.9. The Labute approximate surface area is 423 Å². The Morgan fingerprint density at radius 3 is 1.19 bits per heavy atom. The monoisotopic (exact) mass is 984 g/mol. The number of hydrogen-bond acceptors (Lipinski definition) is 8. The Balaban J connectivity index is 3.77. The van der Waals surface area contributed by atoms with E-state index in [-0.39, 0.29) is 38.6 Å². The van der Waals surface area contributed by atoms with Crippen LogP contribution in [0, 0.1) is 0 Å². The van der Waals surface area contributed by atoms with Gasteiger partial charge >= 0.3 is 19.8 Å². The lowest BCUT2D eigenvalue weighted by atomic mass is 10.0. The first kappa shape index (κ1) is 65.9. The van der Waals surface area contributed by atoms with Gasteiger partial charge in [0.25, 0.3) is 0 Å². The minimum Gasteiger partial charge on any atom is -0.462 e. The predicted molar refractivity (Wildman–Crippen MR) is 293 cm³/mol. The van der Waals surface area contributed by atoms with Crippen LogP contribution >= 0.6 is 7.82 Å². The first-order valence-corrected chi connectivity index (χ1v) is 29.2. The average Bonchev–Trinajstić information content (AvgIpc) is 3.34. The van der Waals surface area contributed by atoms with E-state index in [0.717, 1.165) is 89.9 Å². The summed E-state index contributed by atoms with van der Waals surface area (Å²) in [7, 11) is -4.37. The zero-order chi connectivity index (χ0) is 50.2. The van der Waals surface area contributed by atoms with E-state index in [9.17, 15) is 19.0 Å². The molecule has 9 nitrogen and oxygen atoms in total. The van der Waals surface area contributed by atoms with E-state index in [1.54, 1.807) is 0 Å². The molecule has 0 bridgehead atoms. The summed E-state index contributed by atoms with van der Waals surface area (Å²) in [6.45, 7) is 3.57. The van der Waals surface area contributed by atoms with Crippen LogP contribution in [0.5, 0.6) is 0 Å². The quantitative estimate of drug-likeness (QED) is 0.0264. The van der Waals surface area contributed by atoms with Gasteiger partial charge in [0.2, 0.25) is 0 Å². The van der Waals surface area contributed by atoms with Crippen LogP contribution in [-0.2, 0) is 32.7 Å². The van der Waals surface area contributed by atoms with Gasteiger partial charge in [-0.05, 0) is 77.0 Å². The number of phosphoric acid groups is 1. The fourth-order valence-electron chi connectivity index (χ4n) is 7.42. The third-order valence-electron chi connectivity index (χ3n) is 11.5. The van der Waals surface area contributed by atoms with E-state index < -0.39 is 26.5 Å². The van der Waals surface area contributed by atoms with Gasteiger partial charge in [0.15, 0.2) is 6.10 Å². The molecule has 3 N–H and O–H groups in total. The first-order chi connectivity index (χ1) is 33.8. The number of ether oxygens (including phenoxy) is 2. The summed E-state index contributed by atoms with van der Waals surface area (Å²) >= 11 is 0. The van der Waals surface area contributed by atoms with Crippen molar-refractivity contribution < 1.29 is 37.6 Å². The Hall–Kier alpha value is -3.07. The molecule has 2 unspecified atom stereocenters. The molecule has 0 radical (unpaired) electrons.